The number of ether oxygens (including phenoxy) is 1. The molecule has 1 saturated heterocycles. The lowest BCUT2D eigenvalue weighted by molar-refractivity contribution is -0.160. The molecule has 1 unspecified atom stereocenters. The molecule has 2 aliphatic carbocycles. The highest BCUT2D eigenvalue weighted by molar-refractivity contribution is 5.82. The highest BCUT2D eigenvalue weighted by Crippen LogP contribution is 2.50. The monoisotopic (exact) mass is 295 g/mol. The van der Waals surface area contributed by atoms with E-state index in [2.05, 4.69) is 0 Å². The lowest BCUT2D eigenvalue weighted by Gasteiger charge is -2.40. The maximum Gasteiger partial charge on any atom is 0.313 e. The van der Waals surface area contributed by atoms with Crippen LogP contribution in [0.25, 0.3) is 0 Å². The number of piperidine rings is 1. The van der Waals surface area contributed by atoms with Gasteiger partial charge < -0.3 is 14.7 Å². The molecule has 0 aromatic heterocycles. The Kier molecular flexibility index (Phi) is 3.95. The Hall–Kier alpha value is -1.10. The van der Waals surface area contributed by atoms with Crippen molar-refractivity contribution in [2.45, 2.75) is 38.5 Å². The van der Waals surface area contributed by atoms with Crippen LogP contribution in [0.1, 0.15) is 38.5 Å². The number of carbonyl (C=O) groups excluding carboxylic acids is 1. The van der Waals surface area contributed by atoms with Gasteiger partial charge in [0.05, 0.1) is 6.61 Å². The van der Waals surface area contributed by atoms with Crippen LogP contribution < -0.4 is 0 Å². The Balaban J connectivity index is 1.72. The van der Waals surface area contributed by atoms with Crippen molar-refractivity contribution < 1.29 is 19.4 Å². The van der Waals surface area contributed by atoms with E-state index < -0.39 is 11.4 Å². The highest BCUT2D eigenvalue weighted by atomic mass is 16.5. The fourth-order valence-corrected chi connectivity index (χ4v) is 3.86. The third-order valence-corrected chi connectivity index (χ3v) is 5.31. The molecule has 21 heavy (non-hydrogen) atoms. The van der Waals surface area contributed by atoms with Gasteiger partial charge in [-0.25, -0.2) is 0 Å². The molecular formula is C16H25NO4. The van der Waals surface area contributed by atoms with E-state index in [1.165, 1.54) is 32.8 Å². The Bertz CT molecular complexity index is 414. The second kappa shape index (κ2) is 5.59. The fraction of sp³-hybridized carbons (Fsp3) is 0.875. The number of nitrogens with zero attached hydrogens (tertiary/aromatic N) is 1. The summed E-state index contributed by atoms with van der Waals surface area (Å²) in [5, 5.41) is 9.58. The molecule has 1 aliphatic heterocycles. The van der Waals surface area contributed by atoms with Crippen LogP contribution in [0.2, 0.25) is 0 Å². The maximum atomic E-state index is 12.9. The first-order valence-electron chi connectivity index (χ1n) is 8.08. The number of hydrogen-bond acceptors (Lipinski definition) is 3. The molecule has 0 bridgehead atoms. The smallest absolute Gasteiger partial charge is 0.313 e. The Morgan fingerprint density at radius 3 is 2.38 bits per heavy atom. The van der Waals surface area contributed by atoms with E-state index in [0.717, 1.165) is 6.42 Å². The first kappa shape index (κ1) is 14.8. The standard InChI is InChI=1S/C16H25NO4/c1-21-10-16(15(19)20)7-2-8-17(9-16)14(18)13(11-3-4-11)12-5-6-12/h11-13H,2-10H2,1H3,(H,19,20). The normalized spacial score (nSPS) is 29.7. The number of aliphatic carboxylic acids is 1. The molecule has 0 radical (unpaired) electrons. The molecular weight excluding hydrogens is 270 g/mol. The van der Waals surface area contributed by atoms with Crippen molar-refractivity contribution in [3.05, 3.63) is 0 Å². The molecule has 1 N–H and O–H groups in total. The predicted molar refractivity (Wildman–Crippen MR) is 76.7 cm³/mol. The molecule has 0 aromatic carbocycles. The molecule has 1 amide bonds. The lowest BCUT2D eigenvalue weighted by atomic mass is 9.80. The van der Waals surface area contributed by atoms with Crippen molar-refractivity contribution >= 4 is 11.9 Å². The quantitative estimate of drug-likeness (QED) is 0.811. The van der Waals surface area contributed by atoms with Gasteiger partial charge in [0.15, 0.2) is 0 Å². The minimum atomic E-state index is -0.916. The van der Waals surface area contributed by atoms with Gasteiger partial charge in [-0.2, -0.15) is 0 Å². The first-order valence-corrected chi connectivity index (χ1v) is 8.08. The summed E-state index contributed by atoms with van der Waals surface area (Å²) in [7, 11) is 1.53. The minimum Gasteiger partial charge on any atom is -0.481 e. The molecule has 3 aliphatic rings. The van der Waals surface area contributed by atoms with E-state index in [1.54, 1.807) is 0 Å². The van der Waals surface area contributed by atoms with Crippen molar-refractivity contribution in [3.8, 4) is 0 Å². The number of hydrogen-bond donors (Lipinski definition) is 1. The average molecular weight is 295 g/mol. The van der Waals surface area contributed by atoms with Crippen LogP contribution in [0.3, 0.4) is 0 Å². The van der Waals surface area contributed by atoms with E-state index in [0.29, 0.717) is 31.3 Å². The average Bonchev–Trinajstić information content (AvgIpc) is 3.34. The molecule has 1 atom stereocenters. The van der Waals surface area contributed by atoms with E-state index in [4.69, 9.17) is 4.74 Å². The number of rotatable bonds is 6. The Labute approximate surface area is 125 Å². The Morgan fingerprint density at radius 2 is 1.90 bits per heavy atom. The Morgan fingerprint density at radius 1 is 1.29 bits per heavy atom. The molecule has 3 rings (SSSR count). The van der Waals surface area contributed by atoms with Crippen LogP contribution in [-0.4, -0.2) is 48.7 Å². The SMILES string of the molecule is COCC1(C(=O)O)CCCN(C(=O)C(C2CC2)C2CC2)C1. The highest BCUT2D eigenvalue weighted by Gasteiger charge is 2.50. The van der Waals surface area contributed by atoms with Crippen molar-refractivity contribution in [2.75, 3.05) is 26.8 Å². The summed E-state index contributed by atoms with van der Waals surface area (Å²) in [4.78, 5) is 26.4. The van der Waals surface area contributed by atoms with Gasteiger partial charge in [0, 0.05) is 26.1 Å². The van der Waals surface area contributed by atoms with Crippen LogP contribution in [-0.2, 0) is 14.3 Å². The molecule has 5 nitrogen and oxygen atoms in total. The van der Waals surface area contributed by atoms with Crippen LogP contribution in [0, 0.1) is 23.2 Å². The van der Waals surface area contributed by atoms with E-state index >= 15 is 0 Å². The van der Waals surface area contributed by atoms with Crippen LogP contribution in [0.5, 0.6) is 0 Å². The molecule has 3 fully saturated rings. The molecule has 118 valence electrons. The van der Waals surface area contributed by atoms with Gasteiger partial charge in [0.2, 0.25) is 5.91 Å². The summed E-state index contributed by atoms with van der Waals surface area (Å²) in [6.07, 6.45) is 6.03. The summed E-state index contributed by atoms with van der Waals surface area (Å²) in [6, 6.07) is 0. The minimum absolute atomic E-state index is 0.164. The van der Waals surface area contributed by atoms with Gasteiger partial charge in [0.25, 0.3) is 0 Å². The van der Waals surface area contributed by atoms with E-state index in [9.17, 15) is 14.7 Å². The van der Waals surface area contributed by atoms with Gasteiger partial charge in [-0.05, 0) is 50.4 Å². The van der Waals surface area contributed by atoms with Crippen molar-refractivity contribution in [3.63, 3.8) is 0 Å². The zero-order chi connectivity index (χ0) is 15.0. The summed E-state index contributed by atoms with van der Waals surface area (Å²) < 4.78 is 5.14. The fourth-order valence-electron chi connectivity index (χ4n) is 3.86. The second-order valence-corrected chi connectivity index (χ2v) is 7.08. The topological polar surface area (TPSA) is 66.8 Å². The number of likely N-dealkylation sites (tertiary alicyclic amines) is 1. The number of amides is 1. The zero-order valence-electron chi connectivity index (χ0n) is 12.7. The first-order chi connectivity index (χ1) is 10.1. The summed E-state index contributed by atoms with van der Waals surface area (Å²) in [5.74, 6) is 0.664. The van der Waals surface area contributed by atoms with Crippen LogP contribution >= 0.6 is 0 Å². The third-order valence-electron chi connectivity index (χ3n) is 5.31. The van der Waals surface area contributed by atoms with E-state index in [-0.39, 0.29) is 18.4 Å². The van der Waals surface area contributed by atoms with Crippen molar-refractivity contribution in [1.29, 1.82) is 0 Å². The van der Waals surface area contributed by atoms with Gasteiger partial charge in [-0.3, -0.25) is 9.59 Å². The largest absolute Gasteiger partial charge is 0.481 e. The van der Waals surface area contributed by atoms with Crippen molar-refractivity contribution in [1.82, 2.24) is 4.90 Å². The van der Waals surface area contributed by atoms with Gasteiger partial charge in [0.1, 0.15) is 5.41 Å². The molecule has 0 aromatic rings. The number of carboxylic acid groups (broad SMARTS) is 1. The van der Waals surface area contributed by atoms with E-state index in [1.807, 2.05) is 4.90 Å². The maximum absolute atomic E-state index is 12.9. The van der Waals surface area contributed by atoms with Gasteiger partial charge >= 0.3 is 5.97 Å². The van der Waals surface area contributed by atoms with Crippen LogP contribution in [0.15, 0.2) is 0 Å². The lowest BCUT2D eigenvalue weighted by Crippen LogP contribution is -2.53. The predicted octanol–water partition coefficient (Wildman–Crippen LogP) is 1.76. The molecule has 5 heteroatoms. The summed E-state index contributed by atoms with van der Waals surface area (Å²) >= 11 is 0. The summed E-state index contributed by atoms with van der Waals surface area (Å²) in [6.45, 7) is 1.20. The number of carboxylic acids is 1. The molecule has 0 spiro atoms. The number of methoxy groups -OCH3 is 1. The zero-order valence-corrected chi connectivity index (χ0v) is 12.7. The van der Waals surface area contributed by atoms with Crippen molar-refractivity contribution in [2.24, 2.45) is 23.2 Å². The van der Waals surface area contributed by atoms with Gasteiger partial charge in [-0.15, -0.1) is 0 Å². The van der Waals surface area contributed by atoms with Gasteiger partial charge in [-0.1, -0.05) is 0 Å². The molecule has 1 heterocycles. The van der Waals surface area contributed by atoms with Crippen LogP contribution in [0.4, 0.5) is 0 Å². The third kappa shape index (κ3) is 2.93. The second-order valence-electron chi connectivity index (χ2n) is 7.08. The molecule has 2 saturated carbocycles. The summed E-state index contributed by atoms with van der Waals surface area (Å²) in [5.41, 5.74) is -0.916. The number of carbonyl (C=O) groups is 2.